The lowest BCUT2D eigenvalue weighted by Gasteiger charge is -2.20. The molecule has 0 rings (SSSR count). The Morgan fingerprint density at radius 2 is 0.721 bits per heavy atom. The monoisotopic (exact) mass is 844 g/mol. The van der Waals surface area contributed by atoms with Crippen LogP contribution in [-0.4, -0.2) is 34.9 Å². The number of carbonyl (C=O) groups is 1. The molecule has 4 heteroatoms. The van der Waals surface area contributed by atoms with E-state index in [-0.39, 0.29) is 12.5 Å². The van der Waals surface area contributed by atoms with Gasteiger partial charge in [0, 0.05) is 6.42 Å². The third-order valence-electron chi connectivity index (χ3n) is 11.0. The first-order valence-electron chi connectivity index (χ1n) is 25.6. The van der Waals surface area contributed by atoms with Crippen molar-refractivity contribution in [3.8, 4) is 0 Å². The lowest BCUT2D eigenvalue weighted by molar-refractivity contribution is -0.123. The van der Waals surface area contributed by atoms with E-state index < -0.39 is 12.1 Å². The van der Waals surface area contributed by atoms with Crippen LogP contribution >= 0.6 is 0 Å². The van der Waals surface area contributed by atoms with E-state index in [4.69, 9.17) is 0 Å². The fourth-order valence-corrected chi connectivity index (χ4v) is 7.13. The maximum absolute atomic E-state index is 12.4. The van der Waals surface area contributed by atoms with E-state index in [9.17, 15) is 15.0 Å². The van der Waals surface area contributed by atoms with Gasteiger partial charge in [0.05, 0.1) is 18.8 Å². The largest absolute Gasteiger partial charge is 0.394 e. The molecule has 0 bridgehead atoms. The molecule has 0 heterocycles. The number of allylic oxidation sites excluding steroid dienone is 17. The van der Waals surface area contributed by atoms with Crippen molar-refractivity contribution >= 4 is 5.91 Å². The summed E-state index contributed by atoms with van der Waals surface area (Å²) < 4.78 is 0. The molecule has 2 unspecified atom stereocenters. The molecule has 0 aromatic carbocycles. The third-order valence-corrected chi connectivity index (χ3v) is 11.0. The molecule has 0 fully saturated rings. The van der Waals surface area contributed by atoms with Gasteiger partial charge in [-0.3, -0.25) is 4.79 Å². The number of unbranched alkanes of at least 4 members (excludes halogenated alkanes) is 22. The second-order valence-electron chi connectivity index (χ2n) is 16.9. The number of carbonyl (C=O) groups excluding carboxylic acids is 1. The van der Waals surface area contributed by atoms with Crippen molar-refractivity contribution in [2.24, 2.45) is 0 Å². The molecule has 0 aliphatic carbocycles. The third kappa shape index (κ3) is 47.9. The average molecular weight is 844 g/mol. The maximum atomic E-state index is 12.4. The Kier molecular flexibility index (Phi) is 48.9. The van der Waals surface area contributed by atoms with Crippen molar-refractivity contribution in [3.63, 3.8) is 0 Å². The van der Waals surface area contributed by atoms with Gasteiger partial charge in [-0.2, -0.15) is 0 Å². The molecule has 1 amide bonds. The van der Waals surface area contributed by atoms with Gasteiger partial charge in [0.1, 0.15) is 0 Å². The highest BCUT2D eigenvalue weighted by atomic mass is 16.3. The molecule has 3 N–H and O–H groups in total. The molecule has 61 heavy (non-hydrogen) atoms. The number of hydrogen-bond donors (Lipinski definition) is 3. The van der Waals surface area contributed by atoms with Crippen LogP contribution in [0.15, 0.2) is 109 Å². The summed E-state index contributed by atoms with van der Waals surface area (Å²) in [5, 5.41) is 23.1. The number of rotatable bonds is 45. The van der Waals surface area contributed by atoms with Crippen molar-refractivity contribution in [3.05, 3.63) is 109 Å². The smallest absolute Gasteiger partial charge is 0.220 e. The van der Waals surface area contributed by atoms with Crippen LogP contribution in [-0.2, 0) is 4.79 Å². The Hall–Kier alpha value is -2.95. The summed E-state index contributed by atoms with van der Waals surface area (Å²) in [6, 6.07) is -0.645. The highest BCUT2D eigenvalue weighted by Crippen LogP contribution is 2.15. The van der Waals surface area contributed by atoms with Crippen molar-refractivity contribution in [2.75, 3.05) is 6.61 Å². The van der Waals surface area contributed by atoms with E-state index in [1.165, 1.54) is 109 Å². The van der Waals surface area contributed by atoms with E-state index in [1.54, 1.807) is 6.08 Å². The van der Waals surface area contributed by atoms with Gasteiger partial charge in [-0.15, -0.1) is 0 Å². The van der Waals surface area contributed by atoms with Crippen LogP contribution in [0.4, 0.5) is 0 Å². The average Bonchev–Trinajstić information content (AvgIpc) is 3.26. The van der Waals surface area contributed by atoms with Crippen LogP contribution in [0.2, 0.25) is 0 Å². The summed E-state index contributed by atoms with van der Waals surface area (Å²) in [4.78, 5) is 12.4. The summed E-state index contributed by atoms with van der Waals surface area (Å²) in [5.41, 5.74) is 0. The summed E-state index contributed by atoms with van der Waals surface area (Å²) >= 11 is 0. The zero-order valence-corrected chi connectivity index (χ0v) is 39.9. The van der Waals surface area contributed by atoms with Gasteiger partial charge in [0.15, 0.2) is 0 Å². The highest BCUT2D eigenvalue weighted by Gasteiger charge is 2.17. The van der Waals surface area contributed by atoms with E-state index in [0.29, 0.717) is 6.42 Å². The molecular weight excluding hydrogens is 747 g/mol. The fourth-order valence-electron chi connectivity index (χ4n) is 7.13. The standard InChI is InChI=1S/C57H97NO3/c1-3-5-7-9-11-13-15-17-19-21-23-25-26-27-28-29-30-31-32-33-35-37-39-41-43-45-47-49-51-53-57(61)58-55(54-59)56(60)52-50-48-46-44-42-40-38-36-34-24-22-20-18-16-14-12-10-8-6-4-2/h5,7,11,13,17,19,23,25,27-28,30-31,33,35,39,41,50,52,55-56,59-60H,3-4,6,8-10,12,14-16,18,20-22,24,26,29,32,34,36-38,40,42-49,51,53-54H2,1-2H3,(H,58,61)/b7-5-,13-11-,19-17-,25-23-,28-27-,31-30-,35-33-,41-39-,52-50+. The first-order chi connectivity index (χ1) is 30.2. The normalized spacial score (nSPS) is 13.8. The van der Waals surface area contributed by atoms with Gasteiger partial charge >= 0.3 is 0 Å². The predicted molar refractivity (Wildman–Crippen MR) is 271 cm³/mol. The van der Waals surface area contributed by atoms with Crippen molar-refractivity contribution < 1.29 is 15.0 Å². The number of hydrogen-bond acceptors (Lipinski definition) is 3. The second-order valence-corrected chi connectivity index (χ2v) is 16.9. The Labute approximate surface area is 378 Å². The highest BCUT2D eigenvalue weighted by molar-refractivity contribution is 5.76. The maximum Gasteiger partial charge on any atom is 0.220 e. The SMILES string of the molecule is CC/C=C\C/C=C\C/C=C\C/C=C\C/C=C\C/C=C\C/C=C\C/C=C\CCCCCCC(=O)NC(CO)C(O)/C=C/CCCCCCCCCCCCCCCCCCCC. The van der Waals surface area contributed by atoms with E-state index in [0.717, 1.165) is 96.3 Å². The Bertz CT molecular complexity index is 1180. The van der Waals surface area contributed by atoms with Crippen LogP contribution in [0.1, 0.15) is 226 Å². The molecular formula is C57H97NO3. The van der Waals surface area contributed by atoms with Crippen LogP contribution in [0, 0.1) is 0 Å². The van der Waals surface area contributed by atoms with Crippen LogP contribution in [0.3, 0.4) is 0 Å². The van der Waals surface area contributed by atoms with Crippen molar-refractivity contribution in [2.45, 2.75) is 238 Å². The van der Waals surface area contributed by atoms with Gasteiger partial charge in [0.2, 0.25) is 5.91 Å². The lowest BCUT2D eigenvalue weighted by atomic mass is 10.0. The second kappa shape index (κ2) is 51.4. The molecule has 348 valence electrons. The summed E-state index contributed by atoms with van der Waals surface area (Å²) in [7, 11) is 0. The van der Waals surface area contributed by atoms with E-state index in [1.807, 2.05) is 6.08 Å². The minimum Gasteiger partial charge on any atom is -0.394 e. The van der Waals surface area contributed by atoms with Crippen LogP contribution in [0.5, 0.6) is 0 Å². The van der Waals surface area contributed by atoms with Gasteiger partial charge in [-0.1, -0.05) is 245 Å². The quantitative estimate of drug-likeness (QED) is 0.0422. The fraction of sp³-hybridized carbons (Fsp3) is 0.667. The zero-order chi connectivity index (χ0) is 44.2. The van der Waals surface area contributed by atoms with Crippen LogP contribution < -0.4 is 5.32 Å². The van der Waals surface area contributed by atoms with Crippen molar-refractivity contribution in [1.29, 1.82) is 0 Å². The van der Waals surface area contributed by atoms with E-state index in [2.05, 4.69) is 116 Å². The molecule has 4 nitrogen and oxygen atoms in total. The molecule has 0 saturated heterocycles. The first-order valence-corrected chi connectivity index (χ1v) is 25.6. The van der Waals surface area contributed by atoms with Crippen molar-refractivity contribution in [1.82, 2.24) is 5.32 Å². The first kappa shape index (κ1) is 58.0. The van der Waals surface area contributed by atoms with Gasteiger partial charge < -0.3 is 15.5 Å². The minimum atomic E-state index is -0.859. The molecule has 0 aromatic rings. The van der Waals surface area contributed by atoms with Gasteiger partial charge in [0.25, 0.3) is 0 Å². The molecule has 0 saturated carbocycles. The molecule has 0 aliphatic heterocycles. The summed E-state index contributed by atoms with van der Waals surface area (Å²) in [6.45, 7) is 4.19. The summed E-state index contributed by atoms with van der Waals surface area (Å²) in [5.74, 6) is -0.0919. The molecule has 0 radical (unpaired) electrons. The topological polar surface area (TPSA) is 69.6 Å². The molecule has 2 atom stereocenters. The van der Waals surface area contributed by atoms with Gasteiger partial charge in [-0.25, -0.2) is 0 Å². The predicted octanol–water partition coefficient (Wildman–Crippen LogP) is 16.7. The zero-order valence-electron chi connectivity index (χ0n) is 39.9. The number of amides is 1. The number of aliphatic hydroxyl groups excluding tert-OH is 2. The molecule has 0 aliphatic rings. The Balaban J connectivity index is 3.68. The Morgan fingerprint density at radius 1 is 0.410 bits per heavy atom. The molecule has 0 aromatic heterocycles. The van der Waals surface area contributed by atoms with Gasteiger partial charge in [-0.05, 0) is 83.5 Å². The van der Waals surface area contributed by atoms with Crippen LogP contribution in [0.25, 0.3) is 0 Å². The summed E-state index contributed by atoms with van der Waals surface area (Å²) in [6.07, 6.45) is 77.8. The lowest BCUT2D eigenvalue weighted by Crippen LogP contribution is -2.45. The van der Waals surface area contributed by atoms with E-state index >= 15 is 0 Å². The Morgan fingerprint density at radius 3 is 1.08 bits per heavy atom. The molecule has 0 spiro atoms. The number of nitrogens with one attached hydrogen (secondary N) is 1. The minimum absolute atomic E-state index is 0.0919. The number of aliphatic hydroxyl groups is 2.